The first-order chi connectivity index (χ1) is 9.74. The van der Waals surface area contributed by atoms with E-state index >= 15 is 0 Å². The Balaban J connectivity index is 2.08. The summed E-state index contributed by atoms with van der Waals surface area (Å²) in [5.41, 5.74) is 3.37. The van der Waals surface area contributed by atoms with Gasteiger partial charge in [0.25, 0.3) is 0 Å². The van der Waals surface area contributed by atoms with Crippen molar-refractivity contribution in [3.8, 4) is 11.1 Å². The molecule has 2 aromatic rings. The van der Waals surface area contributed by atoms with E-state index in [1.54, 1.807) is 0 Å². The fourth-order valence-electron chi connectivity index (χ4n) is 2.36. The van der Waals surface area contributed by atoms with E-state index in [0.29, 0.717) is 6.54 Å². The number of hydrogen-bond acceptors (Lipinski definition) is 2. The molecular weight excluding hydrogens is 246 g/mol. The number of hydrogen-bond donors (Lipinski definition) is 1. The van der Waals surface area contributed by atoms with Crippen molar-refractivity contribution in [2.45, 2.75) is 20.0 Å². The van der Waals surface area contributed by atoms with Gasteiger partial charge in [0.1, 0.15) is 0 Å². The summed E-state index contributed by atoms with van der Waals surface area (Å²) in [6, 6.07) is 18.5. The number of benzene rings is 2. The molecule has 0 aliphatic rings. The van der Waals surface area contributed by atoms with Crippen molar-refractivity contribution < 1.29 is 5.11 Å². The first-order valence-corrected chi connectivity index (χ1v) is 7.30. The minimum absolute atomic E-state index is 0.417. The van der Waals surface area contributed by atoms with E-state index < -0.39 is 6.10 Å². The van der Waals surface area contributed by atoms with Gasteiger partial charge in [0.05, 0.1) is 6.10 Å². The second-order valence-electron chi connectivity index (χ2n) is 4.99. The van der Waals surface area contributed by atoms with Crippen LogP contribution in [0, 0.1) is 0 Å². The zero-order valence-electron chi connectivity index (χ0n) is 12.3. The Labute approximate surface area is 121 Å². The Bertz CT molecular complexity index is 503. The fraction of sp³-hybridized carbons (Fsp3) is 0.333. The summed E-state index contributed by atoms with van der Waals surface area (Å²) >= 11 is 0. The van der Waals surface area contributed by atoms with E-state index in [1.807, 2.05) is 30.3 Å². The molecule has 1 atom stereocenters. The van der Waals surface area contributed by atoms with Crippen LogP contribution in [0.25, 0.3) is 11.1 Å². The maximum Gasteiger partial charge on any atom is 0.0916 e. The van der Waals surface area contributed by atoms with Gasteiger partial charge >= 0.3 is 0 Å². The van der Waals surface area contributed by atoms with Gasteiger partial charge in [0.2, 0.25) is 0 Å². The molecule has 0 fully saturated rings. The lowest BCUT2D eigenvalue weighted by Crippen LogP contribution is -2.28. The zero-order chi connectivity index (χ0) is 14.4. The van der Waals surface area contributed by atoms with Crippen molar-refractivity contribution in [3.05, 3.63) is 60.2 Å². The van der Waals surface area contributed by atoms with Crippen LogP contribution >= 0.6 is 0 Å². The topological polar surface area (TPSA) is 23.5 Å². The molecule has 20 heavy (non-hydrogen) atoms. The standard InChI is InChI=1S/C18H23NO/c1-3-19(4-2)14-18(20)17-12-10-16(11-13-17)15-8-6-5-7-9-15/h5-13,18,20H,3-4,14H2,1-2H3. The third-order valence-corrected chi connectivity index (χ3v) is 3.73. The van der Waals surface area contributed by atoms with E-state index in [2.05, 4.69) is 43.0 Å². The molecule has 106 valence electrons. The predicted octanol–water partition coefficient (Wildman–Crippen LogP) is 3.73. The molecule has 0 aliphatic heterocycles. The molecular formula is C18H23NO. The molecule has 0 amide bonds. The zero-order valence-corrected chi connectivity index (χ0v) is 12.3. The highest BCUT2D eigenvalue weighted by atomic mass is 16.3. The minimum atomic E-state index is -0.417. The molecule has 0 spiro atoms. The Hall–Kier alpha value is -1.64. The highest BCUT2D eigenvalue weighted by molar-refractivity contribution is 5.63. The van der Waals surface area contributed by atoms with Crippen LogP contribution in [-0.2, 0) is 0 Å². The van der Waals surface area contributed by atoms with Crippen LogP contribution in [0.5, 0.6) is 0 Å². The van der Waals surface area contributed by atoms with Crippen molar-refractivity contribution in [2.75, 3.05) is 19.6 Å². The van der Waals surface area contributed by atoms with Crippen LogP contribution in [0.2, 0.25) is 0 Å². The largest absolute Gasteiger partial charge is 0.387 e. The van der Waals surface area contributed by atoms with E-state index in [1.165, 1.54) is 11.1 Å². The summed E-state index contributed by atoms with van der Waals surface area (Å²) in [7, 11) is 0. The van der Waals surface area contributed by atoms with Gasteiger partial charge in [-0.25, -0.2) is 0 Å². The van der Waals surface area contributed by atoms with Crippen LogP contribution in [0.3, 0.4) is 0 Å². The van der Waals surface area contributed by atoms with Crippen LogP contribution in [0.4, 0.5) is 0 Å². The van der Waals surface area contributed by atoms with Gasteiger partial charge in [-0.3, -0.25) is 0 Å². The second kappa shape index (κ2) is 7.22. The number of rotatable bonds is 6. The van der Waals surface area contributed by atoms with Crippen molar-refractivity contribution in [1.82, 2.24) is 4.90 Å². The predicted molar refractivity (Wildman–Crippen MR) is 84.6 cm³/mol. The number of nitrogens with zero attached hydrogens (tertiary/aromatic N) is 1. The Kier molecular flexibility index (Phi) is 5.33. The van der Waals surface area contributed by atoms with Gasteiger partial charge in [-0.15, -0.1) is 0 Å². The molecule has 0 radical (unpaired) electrons. The summed E-state index contributed by atoms with van der Waals surface area (Å²) in [5.74, 6) is 0. The average Bonchev–Trinajstić information content (AvgIpc) is 2.53. The lowest BCUT2D eigenvalue weighted by Gasteiger charge is -2.22. The summed E-state index contributed by atoms with van der Waals surface area (Å²) < 4.78 is 0. The van der Waals surface area contributed by atoms with Crippen LogP contribution in [0.15, 0.2) is 54.6 Å². The molecule has 0 aliphatic carbocycles. The van der Waals surface area contributed by atoms with Crippen LogP contribution in [0.1, 0.15) is 25.5 Å². The monoisotopic (exact) mass is 269 g/mol. The lowest BCUT2D eigenvalue weighted by molar-refractivity contribution is 0.119. The first kappa shape index (κ1) is 14.8. The maximum absolute atomic E-state index is 10.3. The molecule has 2 rings (SSSR count). The van der Waals surface area contributed by atoms with Gasteiger partial charge in [0, 0.05) is 6.54 Å². The Morgan fingerprint density at radius 3 is 1.95 bits per heavy atom. The minimum Gasteiger partial charge on any atom is -0.387 e. The Morgan fingerprint density at radius 1 is 0.850 bits per heavy atom. The van der Waals surface area contributed by atoms with Crippen molar-refractivity contribution in [1.29, 1.82) is 0 Å². The molecule has 2 heteroatoms. The van der Waals surface area contributed by atoms with Gasteiger partial charge in [-0.05, 0) is 29.8 Å². The van der Waals surface area contributed by atoms with E-state index in [9.17, 15) is 5.11 Å². The van der Waals surface area contributed by atoms with Gasteiger partial charge in [-0.1, -0.05) is 68.4 Å². The molecule has 2 nitrogen and oxygen atoms in total. The van der Waals surface area contributed by atoms with E-state index in [-0.39, 0.29) is 0 Å². The van der Waals surface area contributed by atoms with Crippen LogP contribution in [-0.4, -0.2) is 29.6 Å². The van der Waals surface area contributed by atoms with E-state index in [4.69, 9.17) is 0 Å². The maximum atomic E-state index is 10.3. The third kappa shape index (κ3) is 3.69. The van der Waals surface area contributed by atoms with Crippen molar-refractivity contribution >= 4 is 0 Å². The normalized spacial score (nSPS) is 12.6. The molecule has 0 aromatic heterocycles. The SMILES string of the molecule is CCN(CC)CC(O)c1ccc(-c2ccccc2)cc1. The quantitative estimate of drug-likeness (QED) is 0.863. The van der Waals surface area contributed by atoms with Crippen LogP contribution < -0.4 is 0 Å². The smallest absolute Gasteiger partial charge is 0.0916 e. The lowest BCUT2D eigenvalue weighted by atomic mass is 10.0. The highest BCUT2D eigenvalue weighted by Crippen LogP contribution is 2.22. The van der Waals surface area contributed by atoms with E-state index in [0.717, 1.165) is 18.7 Å². The second-order valence-corrected chi connectivity index (χ2v) is 4.99. The average molecular weight is 269 g/mol. The van der Waals surface area contributed by atoms with Crippen molar-refractivity contribution in [2.24, 2.45) is 0 Å². The van der Waals surface area contributed by atoms with Gasteiger partial charge < -0.3 is 10.0 Å². The first-order valence-electron chi connectivity index (χ1n) is 7.30. The molecule has 1 unspecified atom stereocenters. The number of aliphatic hydroxyl groups is 1. The molecule has 1 N–H and O–H groups in total. The Morgan fingerprint density at radius 2 is 1.40 bits per heavy atom. The van der Waals surface area contributed by atoms with Crippen molar-refractivity contribution in [3.63, 3.8) is 0 Å². The molecule has 0 saturated heterocycles. The number of likely N-dealkylation sites (N-methyl/N-ethyl adjacent to an activating group) is 1. The summed E-state index contributed by atoms with van der Waals surface area (Å²) in [5, 5.41) is 10.3. The molecule has 0 saturated carbocycles. The highest BCUT2D eigenvalue weighted by Gasteiger charge is 2.11. The fourth-order valence-corrected chi connectivity index (χ4v) is 2.36. The summed E-state index contributed by atoms with van der Waals surface area (Å²) in [4.78, 5) is 2.23. The van der Waals surface area contributed by atoms with Gasteiger partial charge in [-0.2, -0.15) is 0 Å². The molecule has 0 bridgehead atoms. The van der Waals surface area contributed by atoms with Gasteiger partial charge in [0.15, 0.2) is 0 Å². The molecule has 2 aromatic carbocycles. The summed E-state index contributed by atoms with van der Waals surface area (Å²) in [6.45, 7) is 6.87. The third-order valence-electron chi connectivity index (χ3n) is 3.73. The molecule has 0 heterocycles. The number of aliphatic hydroxyl groups excluding tert-OH is 1. The summed E-state index contributed by atoms with van der Waals surface area (Å²) in [6.07, 6.45) is -0.417.